The molecule has 1 radical (unpaired) electrons. The highest BCUT2D eigenvalue weighted by Crippen LogP contribution is 2.27. The minimum atomic E-state index is -0.0822. The largest absolute Gasteiger partial charge is 0.465 e. The van der Waals surface area contributed by atoms with Crippen LogP contribution in [0.25, 0.3) is 0 Å². The summed E-state index contributed by atoms with van der Waals surface area (Å²) in [6.45, 7) is 2.31. The first-order valence-corrected chi connectivity index (χ1v) is 3.61. The summed E-state index contributed by atoms with van der Waals surface area (Å²) in [5.41, 5.74) is 0. The molecule has 2 saturated heterocycles. The fourth-order valence-corrected chi connectivity index (χ4v) is 1.55. The third-order valence-corrected chi connectivity index (χ3v) is 2.16. The van der Waals surface area contributed by atoms with E-state index < -0.39 is 0 Å². The normalized spacial score (nSPS) is 33.6. The van der Waals surface area contributed by atoms with Crippen molar-refractivity contribution < 1.29 is 9.53 Å². The maximum Gasteiger partial charge on any atom is 0.314 e. The Morgan fingerprint density at radius 1 is 1.60 bits per heavy atom. The van der Waals surface area contributed by atoms with Crippen molar-refractivity contribution >= 4 is 5.97 Å². The number of hydrogen-bond acceptors (Lipinski definition) is 3. The molecule has 2 aliphatic rings. The zero-order valence-corrected chi connectivity index (χ0v) is 5.72. The van der Waals surface area contributed by atoms with Crippen molar-refractivity contribution in [3.8, 4) is 0 Å². The first-order chi connectivity index (χ1) is 4.88. The molecule has 0 aliphatic carbocycles. The van der Waals surface area contributed by atoms with Crippen LogP contribution in [0.4, 0.5) is 0 Å². The Balaban J connectivity index is 2.10. The van der Waals surface area contributed by atoms with Crippen molar-refractivity contribution in [1.29, 1.82) is 0 Å². The molecule has 0 aromatic heterocycles. The molecule has 2 aliphatic heterocycles. The Hall–Kier alpha value is -0.570. The lowest BCUT2D eigenvalue weighted by Gasteiger charge is -2.21. The molecular formula is C7H10NO2. The number of esters is 1. The first-order valence-electron chi connectivity index (χ1n) is 3.61. The Morgan fingerprint density at radius 3 is 3.30 bits per heavy atom. The maximum absolute atomic E-state index is 11.0. The van der Waals surface area contributed by atoms with E-state index in [0.29, 0.717) is 12.5 Å². The molecule has 55 valence electrons. The maximum atomic E-state index is 11.0. The molecule has 3 nitrogen and oxygen atoms in total. The van der Waals surface area contributed by atoms with Crippen molar-refractivity contribution in [3.05, 3.63) is 5.92 Å². The van der Waals surface area contributed by atoms with Gasteiger partial charge in [-0.2, -0.15) is 0 Å². The number of rotatable bonds is 0. The second-order valence-corrected chi connectivity index (χ2v) is 2.78. The number of nitrogens with one attached hydrogen (secondary N) is 1. The van der Waals surface area contributed by atoms with Crippen LogP contribution in [-0.2, 0) is 9.53 Å². The van der Waals surface area contributed by atoms with E-state index >= 15 is 0 Å². The van der Waals surface area contributed by atoms with Crippen LogP contribution in [0.3, 0.4) is 0 Å². The molecule has 0 spiro atoms. The molecular weight excluding hydrogens is 130 g/mol. The second-order valence-electron chi connectivity index (χ2n) is 2.78. The Labute approximate surface area is 59.7 Å². The van der Waals surface area contributed by atoms with Crippen LogP contribution in [-0.4, -0.2) is 25.7 Å². The summed E-state index contributed by atoms with van der Waals surface area (Å²) in [4.78, 5) is 11.0. The highest BCUT2D eigenvalue weighted by molar-refractivity contribution is 5.86. The third-order valence-electron chi connectivity index (χ3n) is 2.16. The van der Waals surface area contributed by atoms with Crippen LogP contribution in [0.1, 0.15) is 6.42 Å². The van der Waals surface area contributed by atoms with E-state index in [1.807, 2.05) is 0 Å². The van der Waals surface area contributed by atoms with Gasteiger partial charge in [0.1, 0.15) is 5.92 Å². The van der Waals surface area contributed by atoms with E-state index in [2.05, 4.69) is 5.32 Å². The summed E-state index contributed by atoms with van der Waals surface area (Å²) in [6, 6.07) is 0. The predicted octanol–water partition coefficient (Wildman–Crippen LogP) is -0.273. The van der Waals surface area contributed by atoms with Crippen LogP contribution in [0.15, 0.2) is 0 Å². The molecule has 2 rings (SSSR count). The summed E-state index contributed by atoms with van der Waals surface area (Å²) < 4.78 is 4.88. The number of cyclic esters (lactones) is 1. The van der Waals surface area contributed by atoms with Gasteiger partial charge in [-0.05, 0) is 18.9 Å². The van der Waals surface area contributed by atoms with Gasteiger partial charge in [-0.3, -0.25) is 4.79 Å². The average molecular weight is 140 g/mol. The third kappa shape index (κ3) is 0.814. The number of carbonyl (C=O) groups excluding carboxylic acids is 1. The van der Waals surface area contributed by atoms with Crippen molar-refractivity contribution in [1.82, 2.24) is 5.32 Å². The first kappa shape index (κ1) is 6.16. The van der Waals surface area contributed by atoms with E-state index in [9.17, 15) is 4.79 Å². The summed E-state index contributed by atoms with van der Waals surface area (Å²) in [5.74, 6) is 1.34. The fraction of sp³-hybridized carbons (Fsp3) is 0.714. The molecule has 3 heteroatoms. The molecule has 2 fully saturated rings. The van der Waals surface area contributed by atoms with E-state index in [1.165, 1.54) is 0 Å². The zero-order valence-electron chi connectivity index (χ0n) is 5.72. The lowest BCUT2D eigenvalue weighted by Crippen LogP contribution is -2.29. The van der Waals surface area contributed by atoms with E-state index in [1.54, 1.807) is 0 Å². The van der Waals surface area contributed by atoms with Crippen LogP contribution in [0, 0.1) is 11.8 Å². The van der Waals surface area contributed by atoms with Gasteiger partial charge < -0.3 is 10.1 Å². The van der Waals surface area contributed by atoms with E-state index in [4.69, 9.17) is 4.74 Å². The van der Waals surface area contributed by atoms with Gasteiger partial charge in [-0.15, -0.1) is 0 Å². The van der Waals surface area contributed by atoms with E-state index in [0.717, 1.165) is 25.4 Å². The average Bonchev–Trinajstić information content (AvgIpc) is 2.36. The minimum Gasteiger partial charge on any atom is -0.465 e. The van der Waals surface area contributed by atoms with Crippen molar-refractivity contribution in [2.75, 3.05) is 19.7 Å². The molecule has 1 N–H and O–H groups in total. The molecule has 10 heavy (non-hydrogen) atoms. The van der Waals surface area contributed by atoms with Crippen LogP contribution >= 0.6 is 0 Å². The molecule has 0 amide bonds. The molecule has 0 aromatic rings. The predicted molar refractivity (Wildman–Crippen MR) is 35.2 cm³/mol. The van der Waals surface area contributed by atoms with Gasteiger partial charge in [0.2, 0.25) is 0 Å². The molecule has 1 unspecified atom stereocenters. The van der Waals surface area contributed by atoms with Crippen LogP contribution < -0.4 is 5.32 Å². The highest BCUT2D eigenvalue weighted by atomic mass is 16.5. The topological polar surface area (TPSA) is 38.3 Å². The summed E-state index contributed by atoms with van der Waals surface area (Å²) in [6.07, 6.45) is 1.01. The number of hydrogen-bond donors (Lipinski definition) is 1. The Bertz CT molecular complexity index is 158. The van der Waals surface area contributed by atoms with Crippen molar-refractivity contribution in [3.63, 3.8) is 0 Å². The van der Waals surface area contributed by atoms with Gasteiger partial charge >= 0.3 is 5.97 Å². The molecule has 0 saturated carbocycles. The quantitative estimate of drug-likeness (QED) is 0.470. The lowest BCUT2D eigenvalue weighted by molar-refractivity contribution is -0.145. The van der Waals surface area contributed by atoms with Gasteiger partial charge in [-0.1, -0.05) is 0 Å². The molecule has 2 heterocycles. The van der Waals surface area contributed by atoms with Gasteiger partial charge in [0, 0.05) is 6.54 Å². The Kier molecular flexibility index (Phi) is 1.38. The second kappa shape index (κ2) is 2.23. The summed E-state index contributed by atoms with van der Waals surface area (Å²) in [7, 11) is 0. The van der Waals surface area contributed by atoms with E-state index in [-0.39, 0.29) is 5.97 Å². The molecule has 0 bridgehead atoms. The van der Waals surface area contributed by atoms with Crippen molar-refractivity contribution in [2.24, 2.45) is 5.92 Å². The number of fused-ring (bicyclic) bond motifs is 1. The SMILES string of the molecule is O=C1OCCC2CNC[C]12. The fourth-order valence-electron chi connectivity index (χ4n) is 1.55. The van der Waals surface area contributed by atoms with Gasteiger partial charge in [0.25, 0.3) is 0 Å². The van der Waals surface area contributed by atoms with Gasteiger partial charge in [0.15, 0.2) is 0 Å². The molecule has 1 atom stereocenters. The zero-order chi connectivity index (χ0) is 6.97. The standard InChI is InChI=1S/C7H10NO2/c9-7-6-4-8-3-5(6)1-2-10-7/h5,8H,1-4H2. The van der Waals surface area contributed by atoms with Crippen LogP contribution in [0.5, 0.6) is 0 Å². The van der Waals surface area contributed by atoms with Gasteiger partial charge in [-0.25, -0.2) is 0 Å². The van der Waals surface area contributed by atoms with Crippen LogP contribution in [0.2, 0.25) is 0 Å². The smallest absolute Gasteiger partial charge is 0.314 e. The number of ether oxygens (including phenoxy) is 1. The van der Waals surface area contributed by atoms with Crippen molar-refractivity contribution in [2.45, 2.75) is 6.42 Å². The summed E-state index contributed by atoms with van der Waals surface area (Å²) >= 11 is 0. The monoisotopic (exact) mass is 140 g/mol. The number of carbonyl (C=O) groups is 1. The minimum absolute atomic E-state index is 0.0822. The molecule has 0 aromatic carbocycles. The Morgan fingerprint density at radius 2 is 2.50 bits per heavy atom. The lowest BCUT2D eigenvalue weighted by atomic mass is 9.91. The summed E-state index contributed by atoms with van der Waals surface area (Å²) in [5, 5.41) is 3.16. The highest BCUT2D eigenvalue weighted by Gasteiger charge is 2.37. The van der Waals surface area contributed by atoms with Gasteiger partial charge in [0.05, 0.1) is 6.61 Å².